The number of amides is 1. The lowest BCUT2D eigenvalue weighted by Crippen LogP contribution is -2.26. The smallest absolute Gasteiger partial charge is 0.315 e. The number of carbonyl (C=O) groups excluding carboxylic acids is 2. The predicted octanol–water partition coefficient (Wildman–Crippen LogP) is 2.19. The zero-order valence-electron chi connectivity index (χ0n) is 10.7. The van der Waals surface area contributed by atoms with Gasteiger partial charge in [0.15, 0.2) is 0 Å². The van der Waals surface area contributed by atoms with Crippen LogP contribution in [0.5, 0.6) is 0 Å². The maximum absolute atomic E-state index is 12.2. The Labute approximate surface area is 123 Å². The summed E-state index contributed by atoms with van der Waals surface area (Å²) in [7, 11) is 1.36. The minimum Gasteiger partial charge on any atom is -0.468 e. The summed E-state index contributed by atoms with van der Waals surface area (Å²) in [5.41, 5.74) is 1.61. The number of aromatic nitrogens is 1. The van der Waals surface area contributed by atoms with Crippen molar-refractivity contribution in [2.45, 2.75) is 5.37 Å². The number of carbonyl (C=O) groups is 2. The van der Waals surface area contributed by atoms with Gasteiger partial charge in [-0.25, -0.2) is 0 Å². The molecule has 0 fully saturated rings. The Balaban J connectivity index is 1.94. The van der Waals surface area contributed by atoms with Crippen molar-refractivity contribution in [3.8, 4) is 5.00 Å². The molecular weight excluding hydrogens is 296 g/mol. The van der Waals surface area contributed by atoms with E-state index in [0.717, 1.165) is 10.7 Å². The van der Waals surface area contributed by atoms with Gasteiger partial charge in [-0.1, -0.05) is 0 Å². The fourth-order valence-corrected chi connectivity index (χ4v) is 3.94. The number of thioether (sulfide) groups is 1. The topological polar surface area (TPSA) is 60.3 Å². The lowest BCUT2D eigenvalue weighted by Gasteiger charge is -2.16. The molecule has 104 valence electrons. The number of nitrogens with one attached hydrogen (secondary N) is 1. The lowest BCUT2D eigenvalue weighted by atomic mass is 10.3. The fourth-order valence-electron chi connectivity index (χ4n) is 2.06. The molecule has 0 aromatic carbocycles. The van der Waals surface area contributed by atoms with Crippen LogP contribution in [-0.2, 0) is 9.53 Å². The van der Waals surface area contributed by atoms with E-state index >= 15 is 0 Å². The number of rotatable bonds is 3. The average Bonchev–Trinajstić information content (AvgIpc) is 3.08. The SMILES string of the molecule is COC(=O)CSC1NC(=O)c2ccsc2-n2cccc21. The monoisotopic (exact) mass is 308 g/mol. The molecule has 1 atom stereocenters. The van der Waals surface area contributed by atoms with E-state index in [2.05, 4.69) is 10.1 Å². The van der Waals surface area contributed by atoms with Crippen LogP contribution in [0.25, 0.3) is 5.00 Å². The molecule has 0 radical (unpaired) electrons. The van der Waals surface area contributed by atoms with Gasteiger partial charge in [-0.05, 0) is 23.6 Å². The highest BCUT2D eigenvalue weighted by molar-refractivity contribution is 8.00. The molecule has 0 saturated carbocycles. The molecule has 2 aromatic heterocycles. The largest absolute Gasteiger partial charge is 0.468 e. The molecule has 7 heteroatoms. The summed E-state index contributed by atoms with van der Waals surface area (Å²) in [5.74, 6) is -0.228. The highest BCUT2D eigenvalue weighted by Crippen LogP contribution is 2.34. The number of thiophene rings is 1. The fraction of sp³-hybridized carbons (Fsp3) is 0.231. The molecule has 0 saturated heterocycles. The minimum atomic E-state index is -0.304. The molecule has 1 aliphatic heterocycles. The summed E-state index contributed by atoms with van der Waals surface area (Å²) in [6.45, 7) is 0. The molecule has 0 spiro atoms. The molecule has 3 heterocycles. The Morgan fingerprint density at radius 2 is 2.40 bits per heavy atom. The van der Waals surface area contributed by atoms with Gasteiger partial charge in [0.1, 0.15) is 10.4 Å². The van der Waals surface area contributed by atoms with Gasteiger partial charge in [0.2, 0.25) is 0 Å². The zero-order valence-corrected chi connectivity index (χ0v) is 12.3. The zero-order chi connectivity index (χ0) is 14.1. The van der Waals surface area contributed by atoms with Gasteiger partial charge in [-0.3, -0.25) is 9.59 Å². The van der Waals surface area contributed by atoms with Gasteiger partial charge in [0.05, 0.1) is 24.1 Å². The number of hydrogen-bond donors (Lipinski definition) is 1. The van der Waals surface area contributed by atoms with Crippen molar-refractivity contribution in [2.24, 2.45) is 0 Å². The van der Waals surface area contributed by atoms with Crippen LogP contribution in [0.4, 0.5) is 0 Å². The highest BCUT2D eigenvalue weighted by atomic mass is 32.2. The Morgan fingerprint density at radius 1 is 1.55 bits per heavy atom. The molecule has 3 rings (SSSR count). The summed E-state index contributed by atoms with van der Waals surface area (Å²) in [6, 6.07) is 5.69. The van der Waals surface area contributed by atoms with Crippen molar-refractivity contribution in [2.75, 3.05) is 12.9 Å². The van der Waals surface area contributed by atoms with Crippen molar-refractivity contribution in [1.29, 1.82) is 0 Å². The molecular formula is C13H12N2O3S2. The van der Waals surface area contributed by atoms with E-state index < -0.39 is 0 Å². The van der Waals surface area contributed by atoms with E-state index in [0.29, 0.717) is 5.56 Å². The van der Waals surface area contributed by atoms with Gasteiger partial charge in [-0.2, -0.15) is 0 Å². The molecule has 1 N–H and O–H groups in total. The first-order valence-corrected chi connectivity index (χ1v) is 7.88. The van der Waals surface area contributed by atoms with E-state index in [4.69, 9.17) is 0 Å². The second kappa shape index (κ2) is 5.34. The van der Waals surface area contributed by atoms with Crippen LogP contribution in [0.3, 0.4) is 0 Å². The molecule has 0 aliphatic carbocycles. The van der Waals surface area contributed by atoms with E-state index in [1.54, 1.807) is 0 Å². The van der Waals surface area contributed by atoms with Crippen LogP contribution in [0, 0.1) is 0 Å². The molecule has 5 nitrogen and oxygen atoms in total. The Hall–Kier alpha value is -1.73. The third-order valence-electron chi connectivity index (χ3n) is 3.01. The Morgan fingerprint density at radius 3 is 3.20 bits per heavy atom. The number of esters is 1. The second-order valence-electron chi connectivity index (χ2n) is 4.18. The third-order valence-corrected chi connectivity index (χ3v) is 5.02. The summed E-state index contributed by atoms with van der Waals surface area (Å²) in [5, 5.41) is 5.48. The van der Waals surface area contributed by atoms with E-state index in [1.807, 2.05) is 34.3 Å². The quantitative estimate of drug-likeness (QED) is 0.883. The van der Waals surface area contributed by atoms with Crippen LogP contribution in [0.1, 0.15) is 21.4 Å². The Bertz CT molecular complexity index is 662. The number of fused-ring (bicyclic) bond motifs is 3. The minimum absolute atomic E-state index is 0.118. The van der Waals surface area contributed by atoms with Crippen molar-refractivity contribution in [3.63, 3.8) is 0 Å². The highest BCUT2D eigenvalue weighted by Gasteiger charge is 2.27. The average molecular weight is 308 g/mol. The van der Waals surface area contributed by atoms with Gasteiger partial charge in [0.25, 0.3) is 5.91 Å². The van der Waals surface area contributed by atoms with E-state index in [1.165, 1.54) is 30.2 Å². The number of methoxy groups -OCH3 is 1. The summed E-state index contributed by atoms with van der Waals surface area (Å²) in [4.78, 5) is 23.5. The molecule has 1 unspecified atom stereocenters. The van der Waals surface area contributed by atoms with Crippen molar-refractivity contribution in [1.82, 2.24) is 9.88 Å². The first kappa shape index (κ1) is 13.3. The molecule has 0 bridgehead atoms. The maximum Gasteiger partial charge on any atom is 0.315 e. The van der Waals surface area contributed by atoms with Gasteiger partial charge >= 0.3 is 5.97 Å². The Kier molecular flexibility index (Phi) is 3.54. The predicted molar refractivity (Wildman–Crippen MR) is 78.3 cm³/mol. The van der Waals surface area contributed by atoms with Crippen molar-refractivity contribution >= 4 is 35.0 Å². The molecule has 2 aromatic rings. The van der Waals surface area contributed by atoms with E-state index in [-0.39, 0.29) is 23.0 Å². The second-order valence-corrected chi connectivity index (χ2v) is 6.17. The first-order chi connectivity index (χ1) is 9.70. The van der Waals surface area contributed by atoms with Crippen LogP contribution < -0.4 is 5.32 Å². The standard InChI is InChI=1S/C13H12N2O3S2/c1-18-10(16)7-20-12-9-3-2-5-15(9)13-8(4-6-19-13)11(17)14-12/h2-6,12H,7H2,1H3,(H,14,17). The van der Waals surface area contributed by atoms with Gasteiger partial charge in [0, 0.05) is 6.20 Å². The molecule has 1 amide bonds. The number of hydrogen-bond acceptors (Lipinski definition) is 5. The van der Waals surface area contributed by atoms with Crippen molar-refractivity contribution < 1.29 is 14.3 Å². The first-order valence-electron chi connectivity index (χ1n) is 5.95. The summed E-state index contributed by atoms with van der Waals surface area (Å²) >= 11 is 2.87. The van der Waals surface area contributed by atoms with Crippen LogP contribution in [0.15, 0.2) is 29.8 Å². The van der Waals surface area contributed by atoms with Gasteiger partial charge < -0.3 is 14.6 Å². The third kappa shape index (κ3) is 2.23. The van der Waals surface area contributed by atoms with Crippen molar-refractivity contribution in [3.05, 3.63) is 41.0 Å². The summed E-state index contributed by atoms with van der Waals surface area (Å²) < 4.78 is 6.63. The molecule has 20 heavy (non-hydrogen) atoms. The number of nitrogens with zero attached hydrogens (tertiary/aromatic N) is 1. The summed E-state index contributed by atoms with van der Waals surface area (Å²) in [6.07, 6.45) is 1.93. The maximum atomic E-state index is 12.2. The van der Waals surface area contributed by atoms with Gasteiger partial charge in [-0.15, -0.1) is 23.1 Å². The normalized spacial score (nSPS) is 16.9. The lowest BCUT2D eigenvalue weighted by molar-refractivity contribution is -0.137. The van der Waals surface area contributed by atoms with E-state index in [9.17, 15) is 9.59 Å². The van der Waals surface area contributed by atoms with Crippen LogP contribution in [-0.4, -0.2) is 29.3 Å². The molecule has 1 aliphatic rings. The number of ether oxygens (including phenoxy) is 1. The van der Waals surface area contributed by atoms with Crippen LogP contribution in [0.2, 0.25) is 0 Å². The van der Waals surface area contributed by atoms with Crippen LogP contribution >= 0.6 is 23.1 Å².